The Hall–Kier alpha value is -2.66. The third-order valence-corrected chi connectivity index (χ3v) is 3.24. The zero-order chi connectivity index (χ0) is 16.5. The molecule has 2 rings (SSSR count). The Bertz CT molecular complexity index is 639. The Kier molecular flexibility index (Phi) is 6.32. The van der Waals surface area contributed by atoms with E-state index in [9.17, 15) is 9.59 Å². The molecule has 0 spiro atoms. The number of carbonyl (C=O) groups excluding carboxylic acids is 2. The van der Waals surface area contributed by atoms with E-state index < -0.39 is 0 Å². The SMILES string of the molecule is COCCNC(=O)Cc1ccc(NC(=O)c2ccccc2)cc1. The highest BCUT2D eigenvalue weighted by Crippen LogP contribution is 2.12. The van der Waals surface area contributed by atoms with Crippen molar-refractivity contribution in [1.29, 1.82) is 0 Å². The predicted molar refractivity (Wildman–Crippen MR) is 89.4 cm³/mol. The first kappa shape index (κ1) is 16.7. The average Bonchev–Trinajstić information content (AvgIpc) is 2.57. The molecule has 23 heavy (non-hydrogen) atoms. The summed E-state index contributed by atoms with van der Waals surface area (Å²) in [5, 5.41) is 5.59. The van der Waals surface area contributed by atoms with E-state index >= 15 is 0 Å². The van der Waals surface area contributed by atoms with E-state index in [0.717, 1.165) is 5.56 Å². The third-order valence-electron chi connectivity index (χ3n) is 3.24. The Balaban J connectivity index is 1.87. The molecule has 0 aromatic heterocycles. The number of methoxy groups -OCH3 is 1. The minimum atomic E-state index is -0.157. The summed E-state index contributed by atoms with van der Waals surface area (Å²) in [6.45, 7) is 0.997. The molecule has 5 nitrogen and oxygen atoms in total. The summed E-state index contributed by atoms with van der Waals surface area (Å²) < 4.78 is 4.88. The molecule has 0 atom stereocenters. The van der Waals surface area contributed by atoms with Crippen LogP contribution in [-0.2, 0) is 16.0 Å². The van der Waals surface area contributed by atoms with E-state index in [2.05, 4.69) is 10.6 Å². The van der Waals surface area contributed by atoms with Gasteiger partial charge in [-0.3, -0.25) is 9.59 Å². The highest BCUT2D eigenvalue weighted by atomic mass is 16.5. The lowest BCUT2D eigenvalue weighted by molar-refractivity contribution is -0.120. The van der Waals surface area contributed by atoms with Crippen LogP contribution in [0.25, 0.3) is 0 Å². The van der Waals surface area contributed by atoms with Gasteiger partial charge in [0.25, 0.3) is 5.91 Å². The maximum Gasteiger partial charge on any atom is 0.255 e. The second kappa shape index (κ2) is 8.70. The number of amides is 2. The van der Waals surface area contributed by atoms with Crippen molar-refractivity contribution in [3.05, 3.63) is 65.7 Å². The molecular formula is C18H20N2O3. The molecule has 0 fully saturated rings. The molecule has 0 bridgehead atoms. The predicted octanol–water partition coefficient (Wildman–Crippen LogP) is 2.24. The van der Waals surface area contributed by atoms with Gasteiger partial charge in [0.1, 0.15) is 0 Å². The Morgan fingerprint density at radius 3 is 2.35 bits per heavy atom. The Labute approximate surface area is 135 Å². The molecule has 2 aromatic carbocycles. The summed E-state index contributed by atoms with van der Waals surface area (Å²) in [6, 6.07) is 16.3. The fourth-order valence-corrected chi connectivity index (χ4v) is 2.04. The van der Waals surface area contributed by atoms with Crippen molar-refractivity contribution >= 4 is 17.5 Å². The molecule has 2 aromatic rings. The van der Waals surface area contributed by atoms with Crippen LogP contribution in [0.5, 0.6) is 0 Å². The molecule has 120 valence electrons. The van der Waals surface area contributed by atoms with E-state index in [1.54, 1.807) is 31.4 Å². The fraction of sp³-hybridized carbons (Fsp3) is 0.222. The number of carbonyl (C=O) groups is 2. The lowest BCUT2D eigenvalue weighted by Gasteiger charge is -2.07. The van der Waals surface area contributed by atoms with Crippen LogP contribution in [0.1, 0.15) is 15.9 Å². The third kappa shape index (κ3) is 5.56. The number of rotatable bonds is 7. The quantitative estimate of drug-likeness (QED) is 0.771. The number of ether oxygens (including phenoxy) is 1. The van der Waals surface area contributed by atoms with Crippen molar-refractivity contribution in [2.75, 3.05) is 25.6 Å². The van der Waals surface area contributed by atoms with Gasteiger partial charge in [-0.25, -0.2) is 0 Å². The molecule has 5 heteroatoms. The van der Waals surface area contributed by atoms with Crippen LogP contribution in [0.15, 0.2) is 54.6 Å². The summed E-state index contributed by atoms with van der Waals surface area (Å²) >= 11 is 0. The van der Waals surface area contributed by atoms with Gasteiger partial charge in [-0.05, 0) is 29.8 Å². The van der Waals surface area contributed by atoms with Gasteiger partial charge in [-0.15, -0.1) is 0 Å². The minimum absolute atomic E-state index is 0.0527. The van der Waals surface area contributed by atoms with Crippen molar-refractivity contribution in [3.63, 3.8) is 0 Å². The van der Waals surface area contributed by atoms with Crippen LogP contribution in [0.2, 0.25) is 0 Å². The van der Waals surface area contributed by atoms with E-state index in [4.69, 9.17) is 4.74 Å². The topological polar surface area (TPSA) is 67.4 Å². The van der Waals surface area contributed by atoms with Crippen molar-refractivity contribution < 1.29 is 14.3 Å². The molecule has 0 saturated heterocycles. The molecule has 0 unspecified atom stereocenters. The molecule has 0 radical (unpaired) electrons. The second-order valence-corrected chi connectivity index (χ2v) is 5.04. The molecule has 2 N–H and O–H groups in total. The summed E-state index contributed by atoms with van der Waals surface area (Å²) in [4.78, 5) is 23.7. The van der Waals surface area contributed by atoms with Gasteiger partial charge in [0, 0.05) is 24.9 Å². The van der Waals surface area contributed by atoms with Gasteiger partial charge in [-0.1, -0.05) is 30.3 Å². The number of hydrogen-bond acceptors (Lipinski definition) is 3. The highest BCUT2D eigenvalue weighted by molar-refractivity contribution is 6.04. The summed E-state index contributed by atoms with van der Waals surface area (Å²) in [5.74, 6) is -0.209. The second-order valence-electron chi connectivity index (χ2n) is 5.04. The van der Waals surface area contributed by atoms with Gasteiger partial charge >= 0.3 is 0 Å². The summed E-state index contributed by atoms with van der Waals surface area (Å²) in [7, 11) is 1.59. The van der Waals surface area contributed by atoms with E-state index in [1.165, 1.54) is 0 Å². The number of hydrogen-bond donors (Lipinski definition) is 2. The van der Waals surface area contributed by atoms with Gasteiger partial charge in [0.15, 0.2) is 0 Å². The summed E-state index contributed by atoms with van der Waals surface area (Å²) in [5.41, 5.74) is 2.19. The van der Waals surface area contributed by atoms with Gasteiger partial charge in [0.05, 0.1) is 13.0 Å². The first-order valence-electron chi connectivity index (χ1n) is 7.40. The zero-order valence-corrected chi connectivity index (χ0v) is 13.0. The maximum absolute atomic E-state index is 12.0. The molecule has 0 heterocycles. The number of anilines is 1. The molecule has 0 saturated carbocycles. The van der Waals surface area contributed by atoms with Gasteiger partial charge < -0.3 is 15.4 Å². The molecule has 0 aliphatic heterocycles. The lowest BCUT2D eigenvalue weighted by atomic mass is 10.1. The van der Waals surface area contributed by atoms with E-state index in [0.29, 0.717) is 30.8 Å². The number of benzene rings is 2. The van der Waals surface area contributed by atoms with Crippen LogP contribution in [0.4, 0.5) is 5.69 Å². The zero-order valence-electron chi connectivity index (χ0n) is 13.0. The number of nitrogens with one attached hydrogen (secondary N) is 2. The normalized spacial score (nSPS) is 10.1. The van der Waals surface area contributed by atoms with Crippen LogP contribution in [0, 0.1) is 0 Å². The first-order valence-corrected chi connectivity index (χ1v) is 7.40. The highest BCUT2D eigenvalue weighted by Gasteiger charge is 2.06. The van der Waals surface area contributed by atoms with Crippen molar-refractivity contribution in [2.24, 2.45) is 0 Å². The van der Waals surface area contributed by atoms with Crippen molar-refractivity contribution in [3.8, 4) is 0 Å². The lowest BCUT2D eigenvalue weighted by Crippen LogP contribution is -2.28. The van der Waals surface area contributed by atoms with Crippen molar-refractivity contribution in [1.82, 2.24) is 5.32 Å². The molecule has 0 aliphatic rings. The van der Waals surface area contributed by atoms with Crippen LogP contribution >= 0.6 is 0 Å². The average molecular weight is 312 g/mol. The smallest absolute Gasteiger partial charge is 0.255 e. The van der Waals surface area contributed by atoms with Crippen molar-refractivity contribution in [2.45, 2.75) is 6.42 Å². The molecule has 0 aliphatic carbocycles. The van der Waals surface area contributed by atoms with Crippen LogP contribution in [0.3, 0.4) is 0 Å². The fourth-order valence-electron chi connectivity index (χ4n) is 2.04. The monoisotopic (exact) mass is 312 g/mol. The van der Waals surface area contributed by atoms with E-state index in [-0.39, 0.29) is 11.8 Å². The molecule has 2 amide bonds. The minimum Gasteiger partial charge on any atom is -0.383 e. The Morgan fingerprint density at radius 1 is 1.00 bits per heavy atom. The van der Waals surface area contributed by atoms with Crippen LogP contribution < -0.4 is 10.6 Å². The first-order chi connectivity index (χ1) is 11.2. The summed E-state index contributed by atoms with van der Waals surface area (Å²) in [6.07, 6.45) is 0.302. The largest absolute Gasteiger partial charge is 0.383 e. The Morgan fingerprint density at radius 2 is 1.70 bits per heavy atom. The maximum atomic E-state index is 12.0. The van der Waals surface area contributed by atoms with Gasteiger partial charge in [-0.2, -0.15) is 0 Å². The van der Waals surface area contributed by atoms with Gasteiger partial charge in [0.2, 0.25) is 5.91 Å². The van der Waals surface area contributed by atoms with E-state index in [1.807, 2.05) is 30.3 Å². The van der Waals surface area contributed by atoms with Crippen LogP contribution in [-0.4, -0.2) is 32.1 Å². The molecular weight excluding hydrogens is 292 g/mol. The standard InChI is InChI=1S/C18H20N2O3/c1-23-12-11-19-17(21)13-14-7-9-16(10-8-14)20-18(22)15-5-3-2-4-6-15/h2-10H,11-13H2,1H3,(H,19,21)(H,20,22).